The molecule has 1 aromatic heterocycles. The summed E-state index contributed by atoms with van der Waals surface area (Å²) in [5.74, 6) is 0.394. The van der Waals surface area contributed by atoms with Crippen LogP contribution in [0.5, 0.6) is 5.75 Å². The Morgan fingerprint density at radius 3 is 2.54 bits per heavy atom. The molecular formula is C17H21N3O4. The number of aromatic nitrogens is 2. The number of ether oxygens (including phenoxy) is 2. The van der Waals surface area contributed by atoms with E-state index in [2.05, 4.69) is 10.4 Å². The first-order chi connectivity index (χ1) is 11.5. The maximum absolute atomic E-state index is 12.4. The summed E-state index contributed by atoms with van der Waals surface area (Å²) in [6, 6.07) is 9.82. The van der Waals surface area contributed by atoms with Gasteiger partial charge in [-0.25, -0.2) is 4.68 Å². The summed E-state index contributed by atoms with van der Waals surface area (Å²) >= 11 is 0. The molecule has 2 rings (SSSR count). The van der Waals surface area contributed by atoms with Crippen molar-refractivity contribution in [2.24, 2.45) is 7.05 Å². The molecule has 7 nitrogen and oxygen atoms in total. The summed E-state index contributed by atoms with van der Waals surface area (Å²) in [4.78, 5) is 23.7. The van der Waals surface area contributed by atoms with Crippen LogP contribution >= 0.6 is 0 Å². The monoisotopic (exact) mass is 331 g/mol. The van der Waals surface area contributed by atoms with Crippen molar-refractivity contribution < 1.29 is 14.3 Å². The Kier molecular flexibility index (Phi) is 6.08. The van der Waals surface area contributed by atoms with Gasteiger partial charge in [0.05, 0.1) is 19.3 Å². The van der Waals surface area contributed by atoms with Gasteiger partial charge in [-0.3, -0.25) is 9.59 Å². The van der Waals surface area contributed by atoms with Crippen LogP contribution in [0.4, 0.5) is 0 Å². The van der Waals surface area contributed by atoms with Crippen molar-refractivity contribution in [2.45, 2.75) is 13.0 Å². The summed E-state index contributed by atoms with van der Waals surface area (Å²) in [6.45, 7) is 2.82. The number of benzene rings is 1. The smallest absolute Gasteiger partial charge is 0.272 e. The molecule has 0 saturated heterocycles. The molecule has 0 saturated carbocycles. The lowest BCUT2D eigenvalue weighted by atomic mass is 10.1. The van der Waals surface area contributed by atoms with E-state index in [0.29, 0.717) is 13.2 Å². The van der Waals surface area contributed by atoms with Gasteiger partial charge >= 0.3 is 0 Å². The highest BCUT2D eigenvalue weighted by molar-refractivity contribution is 5.92. The van der Waals surface area contributed by atoms with Crippen molar-refractivity contribution in [1.29, 1.82) is 0 Å². The van der Waals surface area contributed by atoms with Crippen molar-refractivity contribution in [2.75, 3.05) is 20.3 Å². The topological polar surface area (TPSA) is 82.5 Å². The molecule has 1 atom stereocenters. The van der Waals surface area contributed by atoms with E-state index in [-0.39, 0.29) is 23.2 Å². The zero-order chi connectivity index (χ0) is 17.5. The zero-order valence-electron chi connectivity index (χ0n) is 14.0. The highest BCUT2D eigenvalue weighted by Gasteiger charge is 2.17. The SMILES string of the molecule is CCOc1ccc(C(COC)NC(=O)c2ccc(=O)n(C)n2)cc1. The van der Waals surface area contributed by atoms with Gasteiger partial charge < -0.3 is 14.8 Å². The van der Waals surface area contributed by atoms with Crippen LogP contribution in [0, 0.1) is 0 Å². The molecule has 1 heterocycles. The Bertz CT molecular complexity index is 740. The van der Waals surface area contributed by atoms with Crippen LogP contribution in [-0.4, -0.2) is 36.0 Å². The fourth-order valence-corrected chi connectivity index (χ4v) is 2.21. The summed E-state index contributed by atoms with van der Waals surface area (Å²) in [5.41, 5.74) is 0.786. The first-order valence-corrected chi connectivity index (χ1v) is 7.62. The second kappa shape index (κ2) is 8.26. The summed E-state index contributed by atoms with van der Waals surface area (Å²) < 4.78 is 11.7. The number of aryl methyl sites for hydroxylation is 1. The molecule has 0 aliphatic carbocycles. The van der Waals surface area contributed by atoms with E-state index < -0.39 is 0 Å². The second-order valence-corrected chi connectivity index (χ2v) is 5.16. The second-order valence-electron chi connectivity index (χ2n) is 5.16. The minimum atomic E-state index is -0.374. The Morgan fingerprint density at radius 2 is 1.96 bits per heavy atom. The maximum Gasteiger partial charge on any atom is 0.272 e. The standard InChI is InChI=1S/C17H21N3O4/c1-4-24-13-7-5-12(6-8-13)15(11-23-3)18-17(22)14-9-10-16(21)20(2)19-14/h5-10,15H,4,11H2,1-3H3,(H,18,22). The molecule has 128 valence electrons. The molecule has 0 spiro atoms. The van der Waals surface area contributed by atoms with E-state index in [1.165, 1.54) is 19.2 Å². The Morgan fingerprint density at radius 1 is 1.25 bits per heavy atom. The molecule has 1 amide bonds. The molecule has 24 heavy (non-hydrogen) atoms. The molecule has 7 heteroatoms. The van der Waals surface area contributed by atoms with Crippen LogP contribution in [-0.2, 0) is 11.8 Å². The Labute approximate surface area is 140 Å². The molecule has 1 aromatic carbocycles. The average molecular weight is 331 g/mol. The van der Waals surface area contributed by atoms with Crippen LogP contribution in [0.1, 0.15) is 29.0 Å². The number of methoxy groups -OCH3 is 1. The Hall–Kier alpha value is -2.67. The number of carbonyl (C=O) groups excluding carboxylic acids is 1. The van der Waals surface area contributed by atoms with Crippen LogP contribution in [0.2, 0.25) is 0 Å². The minimum absolute atomic E-state index is 0.170. The van der Waals surface area contributed by atoms with E-state index in [9.17, 15) is 9.59 Å². The molecule has 0 radical (unpaired) electrons. The fourth-order valence-electron chi connectivity index (χ4n) is 2.21. The van der Waals surface area contributed by atoms with Crippen molar-refractivity contribution >= 4 is 5.91 Å². The van der Waals surface area contributed by atoms with Crippen molar-refractivity contribution in [3.8, 4) is 5.75 Å². The van der Waals surface area contributed by atoms with Crippen LogP contribution in [0.15, 0.2) is 41.2 Å². The number of rotatable bonds is 7. The summed E-state index contributed by atoms with van der Waals surface area (Å²) in [7, 11) is 3.07. The fraction of sp³-hybridized carbons (Fsp3) is 0.353. The van der Waals surface area contributed by atoms with Gasteiger partial charge in [0.25, 0.3) is 11.5 Å². The van der Waals surface area contributed by atoms with Gasteiger partial charge in [-0.15, -0.1) is 0 Å². The van der Waals surface area contributed by atoms with E-state index in [1.54, 1.807) is 7.11 Å². The minimum Gasteiger partial charge on any atom is -0.494 e. The molecule has 0 bridgehead atoms. The van der Waals surface area contributed by atoms with Gasteiger partial charge in [0.15, 0.2) is 0 Å². The molecule has 1 N–H and O–H groups in total. The maximum atomic E-state index is 12.4. The van der Waals surface area contributed by atoms with Gasteiger partial charge in [0.2, 0.25) is 0 Å². The highest BCUT2D eigenvalue weighted by atomic mass is 16.5. The molecule has 2 aromatic rings. The van der Waals surface area contributed by atoms with Crippen molar-refractivity contribution in [1.82, 2.24) is 15.1 Å². The third kappa shape index (κ3) is 4.42. The molecule has 0 aliphatic heterocycles. The number of nitrogens with zero attached hydrogens (tertiary/aromatic N) is 2. The van der Waals surface area contributed by atoms with Gasteiger partial charge in [-0.1, -0.05) is 12.1 Å². The third-order valence-corrected chi connectivity index (χ3v) is 3.43. The number of hydrogen-bond acceptors (Lipinski definition) is 5. The number of amides is 1. The summed E-state index contributed by atoms with van der Waals surface area (Å²) in [5, 5.41) is 6.82. The quantitative estimate of drug-likeness (QED) is 0.827. The average Bonchev–Trinajstić information content (AvgIpc) is 2.58. The van der Waals surface area contributed by atoms with E-state index in [1.807, 2.05) is 31.2 Å². The Balaban J connectivity index is 2.16. The van der Waals surface area contributed by atoms with Gasteiger partial charge in [0, 0.05) is 20.2 Å². The zero-order valence-corrected chi connectivity index (χ0v) is 14.0. The predicted molar refractivity (Wildman–Crippen MR) is 89.2 cm³/mol. The van der Waals surface area contributed by atoms with Crippen LogP contribution in [0.25, 0.3) is 0 Å². The van der Waals surface area contributed by atoms with Gasteiger partial charge in [0.1, 0.15) is 11.4 Å². The number of nitrogens with one attached hydrogen (secondary N) is 1. The highest BCUT2D eigenvalue weighted by Crippen LogP contribution is 2.18. The number of carbonyl (C=O) groups is 1. The van der Waals surface area contributed by atoms with Crippen molar-refractivity contribution in [3.05, 3.63) is 58.0 Å². The lowest BCUT2D eigenvalue weighted by molar-refractivity contribution is 0.0889. The van der Waals surface area contributed by atoms with Gasteiger partial charge in [-0.05, 0) is 30.7 Å². The van der Waals surface area contributed by atoms with Crippen molar-refractivity contribution in [3.63, 3.8) is 0 Å². The molecule has 1 unspecified atom stereocenters. The number of hydrogen-bond donors (Lipinski definition) is 1. The van der Waals surface area contributed by atoms with E-state index >= 15 is 0 Å². The lowest BCUT2D eigenvalue weighted by Crippen LogP contribution is -2.33. The first kappa shape index (κ1) is 17.7. The largest absolute Gasteiger partial charge is 0.494 e. The summed E-state index contributed by atoms with van der Waals surface area (Å²) in [6.07, 6.45) is 0. The third-order valence-electron chi connectivity index (χ3n) is 3.43. The molecular weight excluding hydrogens is 310 g/mol. The molecule has 0 fully saturated rings. The predicted octanol–water partition coefficient (Wildman–Crippen LogP) is 1.30. The van der Waals surface area contributed by atoms with E-state index in [4.69, 9.17) is 9.47 Å². The lowest BCUT2D eigenvalue weighted by Gasteiger charge is -2.18. The molecule has 0 aliphatic rings. The van der Waals surface area contributed by atoms with E-state index in [0.717, 1.165) is 16.0 Å². The van der Waals surface area contributed by atoms with Crippen LogP contribution in [0.3, 0.4) is 0 Å². The van der Waals surface area contributed by atoms with Crippen LogP contribution < -0.4 is 15.6 Å². The van der Waals surface area contributed by atoms with Gasteiger partial charge in [-0.2, -0.15) is 5.10 Å². The normalized spacial score (nSPS) is 11.8. The first-order valence-electron chi connectivity index (χ1n) is 7.62.